The van der Waals surface area contributed by atoms with Crippen molar-refractivity contribution in [2.45, 2.75) is 69.6 Å². The lowest BCUT2D eigenvalue weighted by Gasteiger charge is -2.36. The fourth-order valence-corrected chi connectivity index (χ4v) is 12.8. The lowest BCUT2D eigenvalue weighted by molar-refractivity contribution is 0.432. The van der Waals surface area contributed by atoms with Crippen molar-refractivity contribution in [3.63, 3.8) is 0 Å². The van der Waals surface area contributed by atoms with E-state index >= 15 is 0 Å². The van der Waals surface area contributed by atoms with E-state index < -0.39 is 5.41 Å². The first-order valence-electron chi connectivity index (χ1n) is 24.3. The predicted molar refractivity (Wildman–Crippen MR) is 276 cm³/mol. The van der Waals surface area contributed by atoms with E-state index in [1.54, 1.807) is 0 Å². The molecule has 0 unspecified atom stereocenters. The molecule has 1 nitrogen and oxygen atoms in total. The average Bonchev–Trinajstić information content (AvgIpc) is 3.83. The molecule has 0 aromatic heterocycles. The summed E-state index contributed by atoms with van der Waals surface area (Å²) in [7, 11) is 0. The quantitative estimate of drug-likeness (QED) is 0.161. The molecule has 9 aromatic carbocycles. The van der Waals surface area contributed by atoms with Crippen LogP contribution in [0.5, 0.6) is 0 Å². The van der Waals surface area contributed by atoms with Crippen molar-refractivity contribution in [1.29, 1.82) is 0 Å². The third-order valence-corrected chi connectivity index (χ3v) is 15.8. The van der Waals surface area contributed by atoms with Crippen molar-refractivity contribution >= 4 is 17.1 Å². The first-order chi connectivity index (χ1) is 32.5. The zero-order valence-electron chi connectivity index (χ0n) is 37.9. The minimum Gasteiger partial charge on any atom is -0.310 e. The Morgan fingerprint density at radius 2 is 0.864 bits per heavy atom. The lowest BCUT2D eigenvalue weighted by atomic mass is 9.69. The molecule has 318 valence electrons. The van der Waals surface area contributed by atoms with Crippen LogP contribution in [0.15, 0.2) is 200 Å². The molecule has 0 amide bonds. The maximum atomic E-state index is 2.67. The molecule has 0 aliphatic heterocycles. The molecule has 0 heterocycles. The summed E-state index contributed by atoms with van der Waals surface area (Å²) in [5.41, 5.74) is 27.8. The zero-order chi connectivity index (χ0) is 44.0. The minimum absolute atomic E-state index is 0.113. The maximum Gasteiger partial charge on any atom is 0.0726 e. The van der Waals surface area contributed by atoms with E-state index in [2.05, 4.69) is 219 Å². The van der Waals surface area contributed by atoms with Gasteiger partial charge >= 0.3 is 0 Å². The fourth-order valence-electron chi connectivity index (χ4n) is 12.8. The highest BCUT2D eigenvalue weighted by atomic mass is 15.1. The summed E-state index contributed by atoms with van der Waals surface area (Å²) in [6.45, 7) is 4.90. The van der Waals surface area contributed by atoms with E-state index in [9.17, 15) is 0 Å². The van der Waals surface area contributed by atoms with Crippen LogP contribution in [0.4, 0.5) is 17.1 Å². The molecule has 0 bridgehead atoms. The summed E-state index contributed by atoms with van der Waals surface area (Å²) in [6, 6.07) is 76.5. The van der Waals surface area contributed by atoms with Crippen LogP contribution >= 0.6 is 0 Å². The smallest absolute Gasteiger partial charge is 0.0726 e. The number of benzene rings is 9. The molecular weight excluding hydrogens is 795 g/mol. The maximum absolute atomic E-state index is 2.67. The van der Waals surface area contributed by atoms with Crippen LogP contribution in [0, 0.1) is 0 Å². The van der Waals surface area contributed by atoms with E-state index in [4.69, 9.17) is 0 Å². The number of hydrogen-bond acceptors (Lipinski definition) is 1. The normalized spacial score (nSPS) is 15.5. The third kappa shape index (κ3) is 5.85. The van der Waals surface area contributed by atoms with Crippen molar-refractivity contribution < 1.29 is 0 Å². The predicted octanol–water partition coefficient (Wildman–Crippen LogP) is 17.0. The first kappa shape index (κ1) is 39.2. The monoisotopic (exact) mass is 847 g/mol. The fraction of sp³-hybridized carbons (Fsp3) is 0.169. The van der Waals surface area contributed by atoms with Crippen molar-refractivity contribution in [1.82, 2.24) is 0 Å². The van der Waals surface area contributed by atoms with Gasteiger partial charge in [0.25, 0.3) is 0 Å². The van der Waals surface area contributed by atoms with Crippen molar-refractivity contribution in [3.05, 3.63) is 245 Å². The second-order valence-electron chi connectivity index (χ2n) is 19.8. The number of fused-ring (bicyclic) bond motifs is 12. The summed E-state index contributed by atoms with van der Waals surface area (Å²) >= 11 is 0. The van der Waals surface area contributed by atoms with Gasteiger partial charge in [-0.25, -0.2) is 0 Å². The summed E-state index contributed by atoms with van der Waals surface area (Å²) in [5.74, 6) is 0. The molecule has 0 saturated heterocycles. The molecule has 0 saturated carbocycles. The highest BCUT2D eigenvalue weighted by Gasteiger charge is 2.52. The van der Waals surface area contributed by atoms with E-state index in [1.807, 2.05) is 0 Å². The number of nitrogens with zero attached hydrogens (tertiary/aromatic N) is 1. The summed E-state index contributed by atoms with van der Waals surface area (Å²) in [4.78, 5) is 2.67. The SMILES string of the molecule is CC1(C)CCCc2c(-c3cc4c(cc3N(c3ccc(-c5ccc(-c6ccccc6)cc5)cc3)c3cccc5c3CCCC5)C3(c5ccccc5-c5ccccc53)c3ccccc3-4)cccc21. The van der Waals surface area contributed by atoms with Crippen LogP contribution in [-0.4, -0.2) is 0 Å². The molecule has 0 fully saturated rings. The van der Waals surface area contributed by atoms with Crippen LogP contribution in [0.25, 0.3) is 55.6 Å². The molecule has 4 aliphatic carbocycles. The van der Waals surface area contributed by atoms with E-state index in [0.717, 1.165) is 19.3 Å². The lowest BCUT2D eigenvalue weighted by Crippen LogP contribution is -2.26. The van der Waals surface area contributed by atoms with Crippen LogP contribution in [0.2, 0.25) is 0 Å². The van der Waals surface area contributed by atoms with Gasteiger partial charge in [0.1, 0.15) is 0 Å². The van der Waals surface area contributed by atoms with E-state index in [-0.39, 0.29) is 5.41 Å². The van der Waals surface area contributed by atoms with Gasteiger partial charge in [0.05, 0.1) is 11.1 Å². The topological polar surface area (TPSA) is 3.24 Å². The number of hydrogen-bond donors (Lipinski definition) is 0. The van der Waals surface area contributed by atoms with Gasteiger partial charge in [0, 0.05) is 16.9 Å². The van der Waals surface area contributed by atoms with Crippen molar-refractivity contribution in [2.24, 2.45) is 0 Å². The summed E-state index contributed by atoms with van der Waals surface area (Å²) in [5, 5.41) is 0. The number of aryl methyl sites for hydroxylation is 1. The largest absolute Gasteiger partial charge is 0.310 e. The molecule has 0 radical (unpaired) electrons. The summed E-state index contributed by atoms with van der Waals surface area (Å²) in [6.07, 6.45) is 8.15. The Morgan fingerprint density at radius 3 is 1.53 bits per heavy atom. The molecule has 1 spiro atoms. The van der Waals surface area contributed by atoms with Gasteiger partial charge in [0.2, 0.25) is 0 Å². The van der Waals surface area contributed by atoms with Crippen molar-refractivity contribution in [2.75, 3.05) is 4.90 Å². The van der Waals surface area contributed by atoms with Gasteiger partial charge in [-0.15, -0.1) is 0 Å². The Labute approximate surface area is 390 Å². The zero-order valence-corrected chi connectivity index (χ0v) is 37.9. The standard InChI is InChI=1S/C65H53N/c1-64(2)40-16-26-51-50(25-15-30-57(51)64)56-41-55-54-24-10-13-29-60(54)65(58-27-11-8-22-52(58)53-23-9-12-28-59(53)65)61(55)42-63(56)66(62-31-14-20-47-19-6-7-21-49(47)62)48-38-36-46(37-39-48)45-34-32-44(33-35-45)43-17-4-3-5-18-43/h3-5,8-15,17-18,20,22-25,27-39,41-42H,6-7,16,19,21,26,40H2,1-2H3. The van der Waals surface area contributed by atoms with Gasteiger partial charge < -0.3 is 4.90 Å². The molecule has 66 heavy (non-hydrogen) atoms. The Morgan fingerprint density at radius 1 is 0.348 bits per heavy atom. The Kier molecular flexibility index (Phi) is 9.01. The van der Waals surface area contributed by atoms with Crippen LogP contribution in [0.3, 0.4) is 0 Å². The van der Waals surface area contributed by atoms with Gasteiger partial charge in [-0.3, -0.25) is 0 Å². The van der Waals surface area contributed by atoms with Gasteiger partial charge in [0.15, 0.2) is 0 Å². The van der Waals surface area contributed by atoms with E-state index in [1.165, 1.54) is 143 Å². The van der Waals surface area contributed by atoms with Crippen LogP contribution < -0.4 is 4.90 Å². The van der Waals surface area contributed by atoms with Crippen molar-refractivity contribution in [3.8, 4) is 55.6 Å². The van der Waals surface area contributed by atoms with Gasteiger partial charge in [-0.05, 0) is 175 Å². The highest BCUT2D eigenvalue weighted by molar-refractivity contribution is 6.01. The second kappa shape index (κ2) is 15.2. The minimum atomic E-state index is -0.456. The van der Waals surface area contributed by atoms with Gasteiger partial charge in [-0.1, -0.05) is 184 Å². The molecule has 13 rings (SSSR count). The Balaban J connectivity index is 1.09. The Bertz CT molecular complexity index is 3310. The molecular formula is C65H53N. The van der Waals surface area contributed by atoms with Crippen LogP contribution in [-0.2, 0) is 30.1 Å². The first-order valence-corrected chi connectivity index (χ1v) is 24.3. The highest BCUT2D eigenvalue weighted by Crippen LogP contribution is 2.64. The number of rotatable bonds is 6. The van der Waals surface area contributed by atoms with E-state index in [0.29, 0.717) is 0 Å². The average molecular weight is 848 g/mol. The molecule has 4 aliphatic rings. The molecule has 0 N–H and O–H groups in total. The molecule has 0 atom stereocenters. The Hall–Kier alpha value is -7.22. The number of anilines is 3. The van der Waals surface area contributed by atoms with Gasteiger partial charge in [-0.2, -0.15) is 0 Å². The molecule has 9 aromatic rings. The third-order valence-electron chi connectivity index (χ3n) is 15.8. The summed E-state index contributed by atoms with van der Waals surface area (Å²) < 4.78 is 0. The van der Waals surface area contributed by atoms with Crippen LogP contribution in [0.1, 0.15) is 84.0 Å². The molecule has 1 heteroatoms. The second-order valence-corrected chi connectivity index (χ2v) is 19.8.